The van der Waals surface area contributed by atoms with E-state index in [4.69, 9.17) is 27.9 Å². The highest BCUT2D eigenvalue weighted by Gasteiger charge is 2.12. The third kappa shape index (κ3) is 4.75. The van der Waals surface area contributed by atoms with Crippen LogP contribution < -0.4 is 4.74 Å². The molecule has 0 saturated carbocycles. The molecule has 0 radical (unpaired) electrons. The summed E-state index contributed by atoms with van der Waals surface area (Å²) in [6.07, 6.45) is 0.484. The van der Waals surface area contributed by atoms with Gasteiger partial charge in [0.05, 0.1) is 17.1 Å². The van der Waals surface area contributed by atoms with Gasteiger partial charge in [-0.3, -0.25) is 4.79 Å². The minimum Gasteiger partial charge on any atom is -0.493 e. The Kier molecular flexibility index (Phi) is 5.93. The monoisotopic (exact) mass is 409 g/mol. The van der Waals surface area contributed by atoms with Gasteiger partial charge in [-0.1, -0.05) is 23.2 Å². The number of benzene rings is 2. The number of halogens is 3. The Morgan fingerprint density at radius 3 is 2.81 bits per heavy atom. The lowest BCUT2D eigenvalue weighted by Gasteiger charge is -2.07. The summed E-state index contributed by atoms with van der Waals surface area (Å²) in [5.74, 6) is -0.790. The van der Waals surface area contributed by atoms with Crippen molar-refractivity contribution in [1.82, 2.24) is 4.98 Å². The molecule has 3 rings (SSSR count). The van der Waals surface area contributed by atoms with Crippen LogP contribution in [0.3, 0.4) is 0 Å². The van der Waals surface area contributed by atoms with Crippen molar-refractivity contribution in [3.8, 4) is 11.6 Å². The molecule has 0 aliphatic heterocycles. The lowest BCUT2D eigenvalue weighted by molar-refractivity contribution is -0.118. The number of ether oxygens (including phenoxy) is 1. The number of aromatic hydroxyl groups is 1. The van der Waals surface area contributed by atoms with Gasteiger partial charge in [0, 0.05) is 16.8 Å². The molecule has 0 unspecified atom stereocenters. The zero-order valence-corrected chi connectivity index (χ0v) is 15.4. The van der Waals surface area contributed by atoms with Gasteiger partial charge in [-0.15, -0.1) is 10.2 Å². The number of carbonyl (C=O) groups is 1. The van der Waals surface area contributed by atoms with Crippen molar-refractivity contribution in [3.05, 3.63) is 52.3 Å². The molecule has 27 heavy (non-hydrogen) atoms. The van der Waals surface area contributed by atoms with Crippen molar-refractivity contribution < 1.29 is 19.0 Å². The predicted octanol–water partition coefficient (Wildman–Crippen LogP) is 5.79. The summed E-state index contributed by atoms with van der Waals surface area (Å²) in [4.78, 5) is 14.5. The average molecular weight is 410 g/mol. The van der Waals surface area contributed by atoms with Crippen LogP contribution in [0.1, 0.15) is 12.8 Å². The number of rotatable bonds is 6. The van der Waals surface area contributed by atoms with Gasteiger partial charge in [-0.2, -0.15) is 0 Å². The Hall–Kier alpha value is -2.64. The standard InChI is InChI=1S/C18H14Cl2FN3O3/c19-10-3-6-15(13(20)8-10)27-7-1-2-16(25)23-24-17-12-9-11(21)4-5-14(12)22-18(17)26/h3-6,8-9,22,26H,1-2,7H2. The second-order valence-corrected chi connectivity index (χ2v) is 6.48. The third-order valence-electron chi connectivity index (χ3n) is 3.66. The molecule has 0 aliphatic carbocycles. The largest absolute Gasteiger partial charge is 0.493 e. The first-order chi connectivity index (χ1) is 12.9. The van der Waals surface area contributed by atoms with E-state index in [1.54, 1.807) is 18.2 Å². The van der Waals surface area contributed by atoms with Crippen molar-refractivity contribution in [3.63, 3.8) is 0 Å². The van der Waals surface area contributed by atoms with Gasteiger partial charge in [-0.25, -0.2) is 4.39 Å². The molecule has 6 nitrogen and oxygen atoms in total. The van der Waals surface area contributed by atoms with E-state index in [1.807, 2.05) is 0 Å². The van der Waals surface area contributed by atoms with E-state index < -0.39 is 11.7 Å². The predicted molar refractivity (Wildman–Crippen MR) is 101 cm³/mol. The van der Waals surface area contributed by atoms with Crippen molar-refractivity contribution in [2.24, 2.45) is 10.2 Å². The minimum atomic E-state index is -0.494. The summed E-state index contributed by atoms with van der Waals surface area (Å²) >= 11 is 11.8. The van der Waals surface area contributed by atoms with Crippen molar-refractivity contribution in [2.45, 2.75) is 12.8 Å². The Morgan fingerprint density at radius 2 is 2.04 bits per heavy atom. The van der Waals surface area contributed by atoms with Gasteiger partial charge in [0.1, 0.15) is 11.6 Å². The first-order valence-corrected chi connectivity index (χ1v) is 8.72. The summed E-state index contributed by atoms with van der Waals surface area (Å²) in [5.41, 5.74) is 0.505. The van der Waals surface area contributed by atoms with Gasteiger partial charge in [0.2, 0.25) is 5.88 Å². The van der Waals surface area contributed by atoms with E-state index in [0.29, 0.717) is 33.1 Å². The normalized spacial score (nSPS) is 11.4. The van der Waals surface area contributed by atoms with Crippen molar-refractivity contribution in [1.29, 1.82) is 0 Å². The number of fused-ring (bicyclic) bond motifs is 1. The van der Waals surface area contributed by atoms with E-state index in [2.05, 4.69) is 15.2 Å². The SMILES string of the molecule is O=C(CCCOc1ccc(Cl)cc1Cl)N=Nc1c(O)[nH]c2ccc(F)cc12. The number of nitrogens with zero attached hydrogens (tertiary/aromatic N) is 2. The molecular formula is C18H14Cl2FN3O3. The second-order valence-electron chi connectivity index (χ2n) is 5.63. The Morgan fingerprint density at radius 1 is 1.22 bits per heavy atom. The van der Waals surface area contributed by atoms with E-state index in [9.17, 15) is 14.3 Å². The van der Waals surface area contributed by atoms with Crippen LogP contribution >= 0.6 is 23.2 Å². The molecule has 9 heteroatoms. The first kappa shape index (κ1) is 19.1. The summed E-state index contributed by atoms with van der Waals surface area (Å²) in [7, 11) is 0. The van der Waals surface area contributed by atoms with Crippen LogP contribution in [0.4, 0.5) is 10.1 Å². The van der Waals surface area contributed by atoms with E-state index in [1.165, 1.54) is 18.2 Å². The number of H-pyrrole nitrogens is 1. The first-order valence-electron chi connectivity index (χ1n) is 7.96. The maximum absolute atomic E-state index is 13.4. The second kappa shape index (κ2) is 8.37. The molecule has 0 atom stereocenters. The molecule has 2 N–H and O–H groups in total. The van der Waals surface area contributed by atoms with Crippen LogP contribution in [0.2, 0.25) is 10.0 Å². The molecule has 0 fully saturated rings. The summed E-state index contributed by atoms with van der Waals surface area (Å²) in [5, 5.41) is 18.4. The fraction of sp³-hybridized carbons (Fsp3) is 0.167. The smallest absolute Gasteiger partial charge is 0.264 e. The van der Waals surface area contributed by atoms with Crippen LogP contribution in [0.5, 0.6) is 11.6 Å². The molecule has 1 amide bonds. The number of carbonyl (C=O) groups excluding carboxylic acids is 1. The Bertz CT molecular complexity index is 1020. The van der Waals surface area contributed by atoms with Crippen molar-refractivity contribution >= 4 is 45.7 Å². The fourth-order valence-corrected chi connectivity index (χ4v) is 2.85. The fourth-order valence-electron chi connectivity index (χ4n) is 2.39. The number of hydrogen-bond acceptors (Lipinski definition) is 4. The summed E-state index contributed by atoms with van der Waals surface area (Å²) in [6, 6.07) is 8.77. The lowest BCUT2D eigenvalue weighted by atomic mass is 10.2. The number of nitrogens with one attached hydrogen (secondary N) is 1. The number of hydrogen-bond donors (Lipinski definition) is 2. The highest BCUT2D eigenvalue weighted by molar-refractivity contribution is 6.35. The quantitative estimate of drug-likeness (QED) is 0.398. The average Bonchev–Trinajstić information content (AvgIpc) is 2.93. The van der Waals surface area contributed by atoms with Gasteiger partial charge < -0.3 is 14.8 Å². The van der Waals surface area contributed by atoms with Crippen LogP contribution in [-0.2, 0) is 4.79 Å². The highest BCUT2D eigenvalue weighted by atomic mass is 35.5. The number of aromatic nitrogens is 1. The molecule has 1 heterocycles. The van der Waals surface area contributed by atoms with E-state index in [0.717, 1.165) is 0 Å². The van der Waals surface area contributed by atoms with Gasteiger partial charge in [0.15, 0.2) is 5.69 Å². The molecular weight excluding hydrogens is 396 g/mol. The lowest BCUT2D eigenvalue weighted by Crippen LogP contribution is -2.01. The Labute approximate surface area is 163 Å². The molecule has 0 bridgehead atoms. The molecule has 0 spiro atoms. The highest BCUT2D eigenvalue weighted by Crippen LogP contribution is 2.35. The number of azo groups is 1. The molecule has 0 saturated heterocycles. The molecule has 1 aromatic heterocycles. The summed E-state index contributed by atoms with van der Waals surface area (Å²) in [6.45, 7) is 0.256. The topological polar surface area (TPSA) is 87.0 Å². The molecule has 140 valence electrons. The van der Waals surface area contributed by atoms with Crippen LogP contribution in [0, 0.1) is 5.82 Å². The summed E-state index contributed by atoms with van der Waals surface area (Å²) < 4.78 is 18.8. The van der Waals surface area contributed by atoms with E-state index >= 15 is 0 Å². The molecule has 2 aromatic carbocycles. The molecule has 0 aliphatic rings. The van der Waals surface area contributed by atoms with Crippen LogP contribution in [0.15, 0.2) is 46.6 Å². The van der Waals surface area contributed by atoms with Gasteiger partial charge in [-0.05, 0) is 42.8 Å². The van der Waals surface area contributed by atoms with Crippen LogP contribution in [0.25, 0.3) is 10.9 Å². The zero-order chi connectivity index (χ0) is 19.4. The van der Waals surface area contributed by atoms with Gasteiger partial charge in [0.25, 0.3) is 5.91 Å². The number of aromatic amines is 1. The van der Waals surface area contributed by atoms with Gasteiger partial charge >= 0.3 is 0 Å². The number of amides is 1. The third-order valence-corrected chi connectivity index (χ3v) is 4.19. The minimum absolute atomic E-state index is 0.0158. The molecule has 3 aromatic rings. The zero-order valence-electron chi connectivity index (χ0n) is 13.9. The Balaban J connectivity index is 1.55. The van der Waals surface area contributed by atoms with Crippen LogP contribution in [-0.4, -0.2) is 22.6 Å². The van der Waals surface area contributed by atoms with E-state index in [-0.39, 0.29) is 24.6 Å². The van der Waals surface area contributed by atoms with Crippen molar-refractivity contribution in [2.75, 3.05) is 6.61 Å². The maximum atomic E-state index is 13.4. The maximum Gasteiger partial charge on any atom is 0.264 e.